The Morgan fingerprint density at radius 3 is 2.62 bits per heavy atom. The maximum atomic E-state index is 5.09. The predicted molar refractivity (Wildman–Crippen MR) is 49.2 cm³/mol. The highest BCUT2D eigenvalue weighted by molar-refractivity contribution is 5.54. The predicted octanol–water partition coefficient (Wildman–Crippen LogP) is 2.35. The molecule has 0 aliphatic carbocycles. The van der Waals surface area contributed by atoms with E-state index >= 15 is 0 Å². The molecule has 0 saturated carbocycles. The highest BCUT2D eigenvalue weighted by Gasteiger charge is 2.03. The first-order chi connectivity index (χ1) is 6.27. The zero-order valence-electron chi connectivity index (χ0n) is 7.61. The maximum Gasteiger partial charge on any atom is 0.247 e. The fourth-order valence-corrected chi connectivity index (χ4v) is 1.17. The minimum absolute atomic E-state index is 0.572. The lowest BCUT2D eigenvalue weighted by Crippen LogP contribution is -1.83. The highest BCUT2D eigenvalue weighted by atomic mass is 16.4. The summed E-state index contributed by atoms with van der Waals surface area (Å²) in [7, 11) is 0. The number of hydrogen-bond acceptors (Lipinski definition) is 3. The van der Waals surface area contributed by atoms with Gasteiger partial charge < -0.3 is 4.42 Å². The van der Waals surface area contributed by atoms with E-state index in [9.17, 15) is 0 Å². The number of aryl methyl sites for hydroxylation is 2. The van der Waals surface area contributed by atoms with Crippen LogP contribution in [0.2, 0.25) is 0 Å². The minimum atomic E-state index is 0.572. The molecule has 0 amide bonds. The summed E-state index contributed by atoms with van der Waals surface area (Å²) in [6.07, 6.45) is 1.34. The van der Waals surface area contributed by atoms with Gasteiger partial charge in [0.1, 0.15) is 0 Å². The van der Waals surface area contributed by atoms with Crippen molar-refractivity contribution < 1.29 is 4.42 Å². The summed E-state index contributed by atoms with van der Waals surface area (Å²) in [5, 5.41) is 7.47. The van der Waals surface area contributed by atoms with Crippen LogP contribution in [-0.4, -0.2) is 10.2 Å². The van der Waals surface area contributed by atoms with Gasteiger partial charge in [-0.05, 0) is 37.1 Å². The van der Waals surface area contributed by atoms with Gasteiger partial charge in [0.2, 0.25) is 12.3 Å². The summed E-state index contributed by atoms with van der Waals surface area (Å²) >= 11 is 0. The van der Waals surface area contributed by atoms with E-state index in [4.69, 9.17) is 4.42 Å². The summed E-state index contributed by atoms with van der Waals surface area (Å²) in [6, 6.07) is 6.08. The van der Waals surface area contributed by atoms with Gasteiger partial charge in [0.05, 0.1) is 0 Å². The third-order valence-corrected chi connectivity index (χ3v) is 2.11. The summed E-state index contributed by atoms with van der Waals surface area (Å²) in [4.78, 5) is 0. The van der Waals surface area contributed by atoms with Crippen LogP contribution in [0.25, 0.3) is 11.5 Å². The van der Waals surface area contributed by atoms with E-state index in [-0.39, 0.29) is 0 Å². The summed E-state index contributed by atoms with van der Waals surface area (Å²) in [5.41, 5.74) is 3.47. The Hall–Kier alpha value is -1.64. The van der Waals surface area contributed by atoms with Crippen molar-refractivity contribution in [2.24, 2.45) is 0 Å². The first kappa shape index (κ1) is 7.98. The monoisotopic (exact) mass is 174 g/mol. The van der Waals surface area contributed by atoms with E-state index < -0.39 is 0 Å². The molecule has 0 N–H and O–H groups in total. The second-order valence-electron chi connectivity index (χ2n) is 3.04. The smallest absolute Gasteiger partial charge is 0.247 e. The lowest BCUT2D eigenvalue weighted by molar-refractivity contribution is 0.568. The van der Waals surface area contributed by atoms with Crippen LogP contribution in [0.4, 0.5) is 0 Å². The van der Waals surface area contributed by atoms with Crippen molar-refractivity contribution >= 4 is 0 Å². The average molecular weight is 174 g/mol. The number of aromatic nitrogens is 2. The molecular weight excluding hydrogens is 164 g/mol. The zero-order valence-corrected chi connectivity index (χ0v) is 7.61. The Kier molecular flexibility index (Phi) is 1.85. The normalized spacial score (nSPS) is 10.3. The van der Waals surface area contributed by atoms with Gasteiger partial charge in [-0.2, -0.15) is 0 Å². The molecule has 2 aromatic rings. The maximum absolute atomic E-state index is 5.09. The van der Waals surface area contributed by atoms with Gasteiger partial charge in [0.25, 0.3) is 0 Å². The molecule has 0 saturated heterocycles. The number of nitrogens with zero attached hydrogens (tertiary/aromatic N) is 2. The Labute approximate surface area is 76.4 Å². The molecule has 0 fully saturated rings. The van der Waals surface area contributed by atoms with Crippen LogP contribution in [0.15, 0.2) is 29.0 Å². The van der Waals surface area contributed by atoms with Gasteiger partial charge in [-0.1, -0.05) is 6.07 Å². The van der Waals surface area contributed by atoms with Crippen LogP contribution in [0.5, 0.6) is 0 Å². The molecule has 3 nitrogen and oxygen atoms in total. The van der Waals surface area contributed by atoms with Gasteiger partial charge in [0.15, 0.2) is 0 Å². The molecule has 1 heterocycles. The molecule has 0 aliphatic heterocycles. The van der Waals surface area contributed by atoms with E-state index in [0.29, 0.717) is 5.89 Å². The van der Waals surface area contributed by atoms with Crippen molar-refractivity contribution in [1.29, 1.82) is 0 Å². The third-order valence-electron chi connectivity index (χ3n) is 2.11. The van der Waals surface area contributed by atoms with E-state index in [0.717, 1.165) is 5.56 Å². The Bertz CT molecular complexity index is 407. The standard InChI is InChI=1S/C10H10N2O/c1-7-3-4-9(5-8(7)2)10-12-11-6-13-10/h3-6H,1-2H3. The lowest BCUT2D eigenvalue weighted by atomic mass is 10.1. The molecule has 1 aromatic carbocycles. The second-order valence-corrected chi connectivity index (χ2v) is 3.04. The average Bonchev–Trinajstić information content (AvgIpc) is 2.62. The molecule has 3 heteroatoms. The minimum Gasteiger partial charge on any atom is -0.423 e. The van der Waals surface area contributed by atoms with E-state index in [1.165, 1.54) is 17.5 Å². The van der Waals surface area contributed by atoms with Crippen molar-refractivity contribution in [2.75, 3.05) is 0 Å². The fourth-order valence-electron chi connectivity index (χ4n) is 1.17. The molecule has 0 aliphatic rings. The van der Waals surface area contributed by atoms with Crippen molar-refractivity contribution in [3.8, 4) is 11.5 Å². The van der Waals surface area contributed by atoms with Gasteiger partial charge in [-0.25, -0.2) is 0 Å². The van der Waals surface area contributed by atoms with Crippen LogP contribution in [0.1, 0.15) is 11.1 Å². The topological polar surface area (TPSA) is 38.9 Å². The third kappa shape index (κ3) is 1.45. The molecule has 0 radical (unpaired) electrons. The number of rotatable bonds is 1. The fraction of sp³-hybridized carbons (Fsp3) is 0.200. The summed E-state index contributed by atoms with van der Waals surface area (Å²) < 4.78 is 5.09. The molecule has 0 atom stereocenters. The van der Waals surface area contributed by atoms with Crippen LogP contribution in [-0.2, 0) is 0 Å². The van der Waals surface area contributed by atoms with E-state index in [2.05, 4.69) is 30.1 Å². The second kappa shape index (κ2) is 3.01. The van der Waals surface area contributed by atoms with Crippen LogP contribution >= 0.6 is 0 Å². The Balaban J connectivity index is 2.49. The first-order valence-corrected chi connectivity index (χ1v) is 4.11. The molecule has 0 spiro atoms. The molecular formula is C10H10N2O. The van der Waals surface area contributed by atoms with Crippen molar-refractivity contribution in [1.82, 2.24) is 10.2 Å². The van der Waals surface area contributed by atoms with Gasteiger partial charge in [-0.15, -0.1) is 10.2 Å². The largest absolute Gasteiger partial charge is 0.423 e. The molecule has 0 bridgehead atoms. The molecule has 1 aromatic heterocycles. The lowest BCUT2D eigenvalue weighted by Gasteiger charge is -2.00. The van der Waals surface area contributed by atoms with Crippen molar-refractivity contribution in [3.05, 3.63) is 35.7 Å². The SMILES string of the molecule is Cc1ccc(-c2nnco2)cc1C. The number of benzene rings is 1. The van der Waals surface area contributed by atoms with Crippen molar-refractivity contribution in [2.45, 2.75) is 13.8 Å². The molecule has 66 valence electrons. The van der Waals surface area contributed by atoms with Gasteiger partial charge in [-0.3, -0.25) is 0 Å². The molecule has 13 heavy (non-hydrogen) atoms. The van der Waals surface area contributed by atoms with E-state index in [1.807, 2.05) is 12.1 Å². The Morgan fingerprint density at radius 1 is 1.15 bits per heavy atom. The summed E-state index contributed by atoms with van der Waals surface area (Å²) in [5.74, 6) is 0.572. The quantitative estimate of drug-likeness (QED) is 0.666. The van der Waals surface area contributed by atoms with Crippen LogP contribution in [0.3, 0.4) is 0 Å². The van der Waals surface area contributed by atoms with Crippen molar-refractivity contribution in [3.63, 3.8) is 0 Å². The zero-order chi connectivity index (χ0) is 9.26. The summed E-state index contributed by atoms with van der Waals surface area (Å²) in [6.45, 7) is 4.14. The van der Waals surface area contributed by atoms with Gasteiger partial charge in [0, 0.05) is 5.56 Å². The van der Waals surface area contributed by atoms with Gasteiger partial charge >= 0.3 is 0 Å². The molecule has 2 rings (SSSR count). The highest BCUT2D eigenvalue weighted by Crippen LogP contribution is 2.19. The molecule has 0 unspecified atom stereocenters. The van der Waals surface area contributed by atoms with E-state index in [1.54, 1.807) is 0 Å². The van der Waals surface area contributed by atoms with Crippen LogP contribution < -0.4 is 0 Å². The Morgan fingerprint density at radius 2 is 2.00 bits per heavy atom. The first-order valence-electron chi connectivity index (χ1n) is 4.11. The van der Waals surface area contributed by atoms with Crippen LogP contribution in [0, 0.1) is 13.8 Å². The number of hydrogen-bond donors (Lipinski definition) is 0.